The van der Waals surface area contributed by atoms with E-state index >= 15 is 0 Å². The molecule has 8 aromatic carbocycles. The van der Waals surface area contributed by atoms with Crippen molar-refractivity contribution in [2.24, 2.45) is 0 Å². The van der Waals surface area contributed by atoms with E-state index in [9.17, 15) is 5.26 Å². The highest BCUT2D eigenvalue weighted by atomic mass is 16.5. The van der Waals surface area contributed by atoms with Crippen LogP contribution >= 0.6 is 0 Å². The topological polar surface area (TPSA) is 58.8 Å². The molecule has 4 heteroatoms. The highest BCUT2D eigenvalue weighted by Gasteiger charge is 2.52. The van der Waals surface area contributed by atoms with E-state index in [1.165, 1.54) is 27.8 Å². The third-order valence-corrected chi connectivity index (χ3v) is 11.6. The molecule has 0 radical (unpaired) electrons. The summed E-state index contributed by atoms with van der Waals surface area (Å²) in [5.41, 5.74) is 16.2. The van der Waals surface area contributed by atoms with E-state index in [0.717, 1.165) is 67.4 Å². The van der Waals surface area contributed by atoms with Crippen LogP contribution in [0.1, 0.15) is 27.8 Å². The number of hydrogen-bond donors (Lipinski definition) is 0. The lowest BCUT2D eigenvalue weighted by atomic mass is 9.65. The molecule has 270 valence electrons. The molecule has 58 heavy (non-hydrogen) atoms. The van der Waals surface area contributed by atoms with Gasteiger partial charge in [0.15, 0.2) is 5.82 Å². The third kappa shape index (κ3) is 5.15. The number of ether oxygens (including phenoxy) is 1. The Morgan fingerprint density at radius 3 is 1.66 bits per heavy atom. The molecule has 1 aliphatic carbocycles. The molecule has 1 aliphatic heterocycles. The number of hydrogen-bond acceptors (Lipinski definition) is 4. The summed E-state index contributed by atoms with van der Waals surface area (Å²) in [6.07, 6.45) is 0. The summed E-state index contributed by atoms with van der Waals surface area (Å²) < 4.78 is 6.90. The van der Waals surface area contributed by atoms with E-state index < -0.39 is 5.41 Å². The molecule has 2 aliphatic rings. The van der Waals surface area contributed by atoms with E-state index in [1.54, 1.807) is 0 Å². The van der Waals surface area contributed by atoms with Gasteiger partial charge in [-0.1, -0.05) is 176 Å². The normalized spacial score (nSPS) is 14.4. The zero-order valence-electron chi connectivity index (χ0n) is 31.3. The van der Waals surface area contributed by atoms with Crippen molar-refractivity contribution in [1.82, 2.24) is 9.97 Å². The van der Waals surface area contributed by atoms with Gasteiger partial charge in [0.1, 0.15) is 11.5 Å². The van der Waals surface area contributed by atoms with E-state index in [2.05, 4.69) is 140 Å². The van der Waals surface area contributed by atoms with E-state index in [-0.39, 0.29) is 0 Å². The molecule has 2 heterocycles. The Bertz CT molecular complexity index is 3020. The van der Waals surface area contributed by atoms with Crippen molar-refractivity contribution in [3.8, 4) is 84.9 Å². The highest BCUT2D eigenvalue weighted by molar-refractivity contribution is 5.97. The summed E-state index contributed by atoms with van der Waals surface area (Å²) in [7, 11) is 0. The van der Waals surface area contributed by atoms with Crippen LogP contribution in [0.25, 0.3) is 67.3 Å². The lowest BCUT2D eigenvalue weighted by Gasteiger charge is -2.40. The first-order chi connectivity index (χ1) is 28.7. The van der Waals surface area contributed by atoms with E-state index in [0.29, 0.717) is 11.4 Å². The quantitative estimate of drug-likeness (QED) is 0.176. The van der Waals surface area contributed by atoms with Crippen LogP contribution in [0.5, 0.6) is 11.5 Å². The summed E-state index contributed by atoms with van der Waals surface area (Å²) >= 11 is 0. The standard InChI is InChI=1S/C54H33N3O/c55-34-35-25-27-37(28-26-35)42-19-12-23-47-52(42)58-50-24-10-9-21-45(50)54(47)44-20-8-7-17-43(44)51-41(18-11-22-46(51)54)36-29-31-39(32-30-36)49-33-48(38-13-3-1-4-14-38)56-53(57-49)40-15-5-2-6-16-40/h1-33H. The maximum absolute atomic E-state index is 9.51. The monoisotopic (exact) mass is 739 g/mol. The van der Waals surface area contributed by atoms with Gasteiger partial charge in [-0.15, -0.1) is 0 Å². The Hall–Kier alpha value is -7.87. The molecule has 0 N–H and O–H groups in total. The molecular formula is C54H33N3O. The number of fused-ring (bicyclic) bond motifs is 9. The minimum atomic E-state index is -0.628. The van der Waals surface area contributed by atoms with Gasteiger partial charge in [-0.25, -0.2) is 9.97 Å². The summed E-state index contributed by atoms with van der Waals surface area (Å²) in [6.45, 7) is 0. The smallest absolute Gasteiger partial charge is 0.160 e. The van der Waals surface area contributed by atoms with Gasteiger partial charge in [-0.3, -0.25) is 0 Å². The largest absolute Gasteiger partial charge is 0.456 e. The van der Waals surface area contributed by atoms with Gasteiger partial charge in [0.2, 0.25) is 0 Å². The van der Waals surface area contributed by atoms with Crippen LogP contribution in [0, 0.1) is 11.3 Å². The van der Waals surface area contributed by atoms with Gasteiger partial charge in [-0.05, 0) is 63.2 Å². The van der Waals surface area contributed by atoms with Crippen molar-refractivity contribution >= 4 is 0 Å². The van der Waals surface area contributed by atoms with Gasteiger partial charge >= 0.3 is 0 Å². The first-order valence-corrected chi connectivity index (χ1v) is 19.5. The predicted molar refractivity (Wildman–Crippen MR) is 231 cm³/mol. The van der Waals surface area contributed by atoms with Crippen LogP contribution in [-0.4, -0.2) is 9.97 Å². The molecule has 9 aromatic rings. The molecule has 0 fully saturated rings. The highest BCUT2D eigenvalue weighted by Crippen LogP contribution is 2.64. The number of benzene rings is 8. The lowest BCUT2D eigenvalue weighted by Crippen LogP contribution is -2.32. The Kier molecular flexibility index (Phi) is 7.74. The van der Waals surface area contributed by atoms with Crippen LogP contribution in [0.15, 0.2) is 200 Å². The lowest BCUT2D eigenvalue weighted by molar-refractivity contribution is 0.438. The van der Waals surface area contributed by atoms with Gasteiger partial charge in [-0.2, -0.15) is 5.26 Å². The fourth-order valence-electron chi connectivity index (χ4n) is 9.05. The molecule has 0 saturated carbocycles. The average molecular weight is 740 g/mol. The second kappa shape index (κ2) is 13.4. The number of nitriles is 1. The van der Waals surface area contributed by atoms with Crippen LogP contribution < -0.4 is 4.74 Å². The first kappa shape index (κ1) is 33.5. The predicted octanol–water partition coefficient (Wildman–Crippen LogP) is 13.2. The second-order valence-corrected chi connectivity index (χ2v) is 14.8. The summed E-state index contributed by atoms with van der Waals surface area (Å²) in [5, 5.41) is 9.51. The molecule has 0 amide bonds. The van der Waals surface area contributed by atoms with Crippen molar-refractivity contribution in [2.75, 3.05) is 0 Å². The van der Waals surface area contributed by atoms with Crippen LogP contribution in [0.3, 0.4) is 0 Å². The number of para-hydroxylation sites is 2. The molecule has 11 rings (SSSR count). The Morgan fingerprint density at radius 2 is 0.931 bits per heavy atom. The van der Waals surface area contributed by atoms with Crippen molar-refractivity contribution in [2.45, 2.75) is 5.41 Å². The van der Waals surface area contributed by atoms with Crippen molar-refractivity contribution in [3.05, 3.63) is 228 Å². The zero-order chi connectivity index (χ0) is 38.6. The number of rotatable bonds is 5. The zero-order valence-corrected chi connectivity index (χ0v) is 31.3. The Morgan fingerprint density at radius 1 is 0.414 bits per heavy atom. The second-order valence-electron chi connectivity index (χ2n) is 14.8. The van der Waals surface area contributed by atoms with Crippen LogP contribution in [-0.2, 0) is 5.41 Å². The minimum absolute atomic E-state index is 0.626. The fraction of sp³-hybridized carbons (Fsp3) is 0.0185. The summed E-state index contributed by atoms with van der Waals surface area (Å²) in [4.78, 5) is 10.1. The molecule has 0 bridgehead atoms. The third-order valence-electron chi connectivity index (χ3n) is 11.6. The minimum Gasteiger partial charge on any atom is -0.456 e. The Labute approximate surface area is 337 Å². The Balaban J connectivity index is 1.08. The molecule has 1 atom stereocenters. The molecule has 1 aromatic heterocycles. The van der Waals surface area contributed by atoms with Crippen molar-refractivity contribution in [3.63, 3.8) is 0 Å². The SMILES string of the molecule is N#Cc1ccc(-c2cccc3c2Oc2ccccc2C32c3ccccc3-c3c(-c4ccc(-c5cc(-c6ccccc6)nc(-c6ccccc6)n5)cc4)cccc32)cc1. The van der Waals surface area contributed by atoms with E-state index in [1.807, 2.05) is 66.7 Å². The maximum atomic E-state index is 9.51. The van der Waals surface area contributed by atoms with Gasteiger partial charge < -0.3 is 4.74 Å². The summed E-state index contributed by atoms with van der Waals surface area (Å²) in [6, 6.07) is 71.9. The van der Waals surface area contributed by atoms with Crippen LogP contribution in [0.4, 0.5) is 0 Å². The van der Waals surface area contributed by atoms with Crippen molar-refractivity contribution < 1.29 is 4.74 Å². The number of aromatic nitrogens is 2. The van der Waals surface area contributed by atoms with Crippen molar-refractivity contribution in [1.29, 1.82) is 5.26 Å². The first-order valence-electron chi connectivity index (χ1n) is 19.5. The molecular weight excluding hydrogens is 707 g/mol. The molecule has 0 saturated heterocycles. The average Bonchev–Trinajstić information content (AvgIpc) is 3.60. The number of nitrogens with zero attached hydrogens (tertiary/aromatic N) is 3. The molecule has 1 unspecified atom stereocenters. The van der Waals surface area contributed by atoms with Gasteiger partial charge in [0.25, 0.3) is 0 Å². The van der Waals surface area contributed by atoms with E-state index in [4.69, 9.17) is 14.7 Å². The van der Waals surface area contributed by atoms with Gasteiger partial charge in [0.05, 0.1) is 28.4 Å². The molecule has 4 nitrogen and oxygen atoms in total. The maximum Gasteiger partial charge on any atom is 0.160 e. The van der Waals surface area contributed by atoms with Crippen LogP contribution in [0.2, 0.25) is 0 Å². The molecule has 1 spiro atoms. The van der Waals surface area contributed by atoms with Gasteiger partial charge in [0, 0.05) is 33.4 Å². The summed E-state index contributed by atoms with van der Waals surface area (Å²) in [5.74, 6) is 2.36. The fourth-order valence-corrected chi connectivity index (χ4v) is 9.05.